The molecule has 3 heteroatoms. The zero-order chi connectivity index (χ0) is 9.40. The summed E-state index contributed by atoms with van der Waals surface area (Å²) in [4.78, 5) is 0. The molecule has 0 aliphatic carbocycles. The van der Waals surface area contributed by atoms with Gasteiger partial charge >= 0.3 is 0 Å². The zero-order valence-electron chi connectivity index (χ0n) is 8.12. The number of thioether (sulfide) groups is 1. The van der Waals surface area contributed by atoms with E-state index in [-0.39, 0.29) is 6.61 Å². The highest BCUT2D eigenvalue weighted by Gasteiger charge is 2.05. The molecule has 0 aromatic heterocycles. The van der Waals surface area contributed by atoms with Gasteiger partial charge in [-0.3, -0.25) is 0 Å². The third-order valence-electron chi connectivity index (χ3n) is 1.79. The average molecular weight is 191 g/mol. The summed E-state index contributed by atoms with van der Waals surface area (Å²) in [6, 6.07) is 0.334. The van der Waals surface area contributed by atoms with Gasteiger partial charge in [-0.05, 0) is 12.8 Å². The first-order valence-corrected chi connectivity index (χ1v) is 5.73. The number of nitrogens with two attached hydrogens (primary N) is 1. The molecule has 2 unspecified atom stereocenters. The topological polar surface area (TPSA) is 46.2 Å². The van der Waals surface area contributed by atoms with E-state index in [9.17, 15) is 0 Å². The van der Waals surface area contributed by atoms with Crippen LogP contribution in [0, 0.1) is 0 Å². The standard InChI is InChI=1S/C9H21NOS/c1-3-4-9(10)7-12-8(2)5-6-11/h8-9,11H,3-7,10H2,1-2H3. The fourth-order valence-corrected chi connectivity index (χ4v) is 2.02. The van der Waals surface area contributed by atoms with E-state index < -0.39 is 0 Å². The first kappa shape index (κ1) is 12.3. The minimum absolute atomic E-state index is 0.289. The van der Waals surface area contributed by atoms with Gasteiger partial charge in [-0.25, -0.2) is 0 Å². The predicted octanol–water partition coefficient (Wildman–Crippen LogP) is 1.62. The first-order chi connectivity index (χ1) is 5.70. The summed E-state index contributed by atoms with van der Waals surface area (Å²) in [5, 5.41) is 9.20. The number of aliphatic hydroxyl groups excluding tert-OH is 1. The molecular formula is C9H21NOS. The molecule has 0 saturated heterocycles. The normalized spacial score (nSPS) is 16.0. The smallest absolute Gasteiger partial charge is 0.0441 e. The van der Waals surface area contributed by atoms with E-state index in [1.165, 1.54) is 0 Å². The van der Waals surface area contributed by atoms with Crippen molar-refractivity contribution in [1.82, 2.24) is 0 Å². The zero-order valence-corrected chi connectivity index (χ0v) is 8.94. The van der Waals surface area contributed by atoms with E-state index in [2.05, 4.69) is 13.8 Å². The number of aliphatic hydroxyl groups is 1. The second kappa shape index (κ2) is 7.90. The molecule has 0 heterocycles. The second-order valence-electron chi connectivity index (χ2n) is 3.20. The summed E-state index contributed by atoms with van der Waals surface area (Å²) in [5.74, 6) is 1.02. The van der Waals surface area contributed by atoms with Gasteiger partial charge in [0.05, 0.1) is 0 Å². The van der Waals surface area contributed by atoms with Crippen LogP contribution in [0.2, 0.25) is 0 Å². The lowest BCUT2D eigenvalue weighted by atomic mass is 10.2. The largest absolute Gasteiger partial charge is 0.396 e. The highest BCUT2D eigenvalue weighted by atomic mass is 32.2. The van der Waals surface area contributed by atoms with E-state index >= 15 is 0 Å². The summed E-state index contributed by atoms with van der Waals surface area (Å²) >= 11 is 1.86. The molecule has 12 heavy (non-hydrogen) atoms. The molecule has 3 N–H and O–H groups in total. The lowest BCUT2D eigenvalue weighted by Gasteiger charge is -2.13. The Morgan fingerprint density at radius 1 is 1.42 bits per heavy atom. The second-order valence-corrected chi connectivity index (χ2v) is 4.68. The molecule has 2 nitrogen and oxygen atoms in total. The Labute approximate surface area is 79.9 Å². The predicted molar refractivity (Wildman–Crippen MR) is 56.5 cm³/mol. The maximum absolute atomic E-state index is 8.66. The van der Waals surface area contributed by atoms with Crippen molar-refractivity contribution in [3.8, 4) is 0 Å². The van der Waals surface area contributed by atoms with Crippen LogP contribution in [0.15, 0.2) is 0 Å². The highest BCUT2D eigenvalue weighted by Crippen LogP contribution is 2.15. The first-order valence-electron chi connectivity index (χ1n) is 4.68. The van der Waals surface area contributed by atoms with Crippen LogP contribution in [-0.4, -0.2) is 28.8 Å². The van der Waals surface area contributed by atoms with Crippen LogP contribution < -0.4 is 5.73 Å². The fourth-order valence-electron chi connectivity index (χ4n) is 1.01. The lowest BCUT2D eigenvalue weighted by Crippen LogP contribution is -2.23. The Morgan fingerprint density at radius 3 is 2.58 bits per heavy atom. The van der Waals surface area contributed by atoms with E-state index in [1.54, 1.807) is 0 Å². The van der Waals surface area contributed by atoms with Crippen molar-refractivity contribution in [3.63, 3.8) is 0 Å². The van der Waals surface area contributed by atoms with Crippen molar-refractivity contribution in [1.29, 1.82) is 0 Å². The van der Waals surface area contributed by atoms with Crippen molar-refractivity contribution in [2.75, 3.05) is 12.4 Å². The Hall–Kier alpha value is 0.270. The SMILES string of the molecule is CCCC(N)CSC(C)CCO. The Kier molecular flexibility index (Phi) is 8.07. The Balaban J connectivity index is 3.27. The van der Waals surface area contributed by atoms with Crippen LogP contribution in [0.3, 0.4) is 0 Å². The van der Waals surface area contributed by atoms with Crippen molar-refractivity contribution < 1.29 is 5.11 Å². The number of rotatable bonds is 7. The minimum Gasteiger partial charge on any atom is -0.396 e. The molecule has 0 amide bonds. The minimum atomic E-state index is 0.289. The van der Waals surface area contributed by atoms with Crippen LogP contribution in [-0.2, 0) is 0 Å². The average Bonchev–Trinajstić information content (AvgIpc) is 2.02. The van der Waals surface area contributed by atoms with Crippen LogP contribution >= 0.6 is 11.8 Å². The molecular weight excluding hydrogens is 170 g/mol. The van der Waals surface area contributed by atoms with E-state index in [1.807, 2.05) is 11.8 Å². The van der Waals surface area contributed by atoms with Crippen LogP contribution in [0.25, 0.3) is 0 Å². The molecule has 2 atom stereocenters. The molecule has 0 aromatic rings. The number of hydrogen-bond acceptors (Lipinski definition) is 3. The maximum atomic E-state index is 8.66. The van der Waals surface area contributed by atoms with E-state index in [0.717, 1.165) is 25.0 Å². The van der Waals surface area contributed by atoms with Crippen molar-refractivity contribution in [3.05, 3.63) is 0 Å². The molecule has 0 rings (SSSR count). The highest BCUT2D eigenvalue weighted by molar-refractivity contribution is 7.99. The molecule has 0 spiro atoms. The van der Waals surface area contributed by atoms with Gasteiger partial charge in [0, 0.05) is 23.7 Å². The Morgan fingerprint density at radius 2 is 2.08 bits per heavy atom. The third kappa shape index (κ3) is 6.95. The van der Waals surface area contributed by atoms with Gasteiger partial charge in [-0.2, -0.15) is 11.8 Å². The Bertz CT molecular complexity index is 88.5. The molecule has 0 fully saturated rings. The van der Waals surface area contributed by atoms with Crippen LogP contribution in [0.4, 0.5) is 0 Å². The van der Waals surface area contributed by atoms with Crippen molar-refractivity contribution in [2.24, 2.45) is 5.73 Å². The molecule has 0 aliphatic heterocycles. The van der Waals surface area contributed by atoms with Gasteiger partial charge in [0.1, 0.15) is 0 Å². The van der Waals surface area contributed by atoms with Gasteiger partial charge in [0.25, 0.3) is 0 Å². The lowest BCUT2D eigenvalue weighted by molar-refractivity contribution is 0.289. The monoisotopic (exact) mass is 191 g/mol. The van der Waals surface area contributed by atoms with Gasteiger partial charge in [0.2, 0.25) is 0 Å². The molecule has 0 aliphatic rings. The van der Waals surface area contributed by atoms with Crippen molar-refractivity contribution >= 4 is 11.8 Å². The van der Waals surface area contributed by atoms with Gasteiger partial charge < -0.3 is 10.8 Å². The summed E-state index contributed by atoms with van der Waals surface area (Å²) in [5.41, 5.74) is 5.85. The fraction of sp³-hybridized carbons (Fsp3) is 1.00. The third-order valence-corrected chi connectivity index (χ3v) is 3.22. The quantitative estimate of drug-likeness (QED) is 0.643. The van der Waals surface area contributed by atoms with Gasteiger partial charge in [0.15, 0.2) is 0 Å². The summed E-state index contributed by atoms with van der Waals surface area (Å²) in [7, 11) is 0. The molecule has 74 valence electrons. The van der Waals surface area contributed by atoms with Gasteiger partial charge in [-0.1, -0.05) is 20.3 Å². The van der Waals surface area contributed by atoms with Crippen molar-refractivity contribution in [2.45, 2.75) is 44.4 Å². The maximum Gasteiger partial charge on any atom is 0.0441 e. The number of hydrogen-bond donors (Lipinski definition) is 2. The summed E-state index contributed by atoms with van der Waals surface area (Å²) < 4.78 is 0. The summed E-state index contributed by atoms with van der Waals surface area (Å²) in [6.07, 6.45) is 3.15. The van der Waals surface area contributed by atoms with E-state index in [0.29, 0.717) is 11.3 Å². The van der Waals surface area contributed by atoms with Crippen LogP contribution in [0.5, 0.6) is 0 Å². The van der Waals surface area contributed by atoms with E-state index in [4.69, 9.17) is 10.8 Å². The molecule has 0 bridgehead atoms. The van der Waals surface area contributed by atoms with Gasteiger partial charge in [-0.15, -0.1) is 0 Å². The summed E-state index contributed by atoms with van der Waals surface area (Å²) in [6.45, 7) is 4.58. The molecule has 0 saturated carbocycles. The molecule has 0 aromatic carbocycles. The van der Waals surface area contributed by atoms with Crippen LogP contribution in [0.1, 0.15) is 33.1 Å². The molecule has 0 radical (unpaired) electrons.